The van der Waals surface area contributed by atoms with Crippen molar-refractivity contribution in [2.24, 2.45) is 0 Å². The van der Waals surface area contributed by atoms with Crippen molar-refractivity contribution in [1.29, 1.82) is 0 Å². The molecular weight excluding hydrogens is 224 g/mol. The zero-order chi connectivity index (χ0) is 13.0. The average Bonchev–Trinajstić information content (AvgIpc) is 2.85. The van der Waals surface area contributed by atoms with Crippen molar-refractivity contribution in [2.45, 2.75) is 26.8 Å². The Hall–Kier alpha value is -1.97. The third kappa shape index (κ3) is 2.83. The molecule has 0 aliphatic heterocycles. The molecule has 0 fully saturated rings. The number of benzene rings is 1. The maximum absolute atomic E-state index is 5.89. The molecule has 4 heteroatoms. The van der Waals surface area contributed by atoms with Crippen LogP contribution in [0.25, 0.3) is 0 Å². The predicted molar refractivity (Wildman–Crippen MR) is 75.5 cm³/mol. The molecule has 0 saturated heterocycles. The number of nitrogens with zero attached hydrogens (tertiary/aromatic N) is 2. The molecule has 2 aromatic rings. The van der Waals surface area contributed by atoms with Gasteiger partial charge in [-0.15, -0.1) is 0 Å². The minimum atomic E-state index is 0.807. The van der Waals surface area contributed by atoms with Crippen molar-refractivity contribution in [3.8, 4) is 0 Å². The lowest BCUT2D eigenvalue weighted by molar-refractivity contribution is 0.754. The minimum Gasteiger partial charge on any atom is -0.399 e. The van der Waals surface area contributed by atoms with Gasteiger partial charge in [-0.05, 0) is 31.0 Å². The summed E-state index contributed by atoms with van der Waals surface area (Å²) in [6.45, 7) is 6.13. The van der Waals surface area contributed by atoms with Gasteiger partial charge in [0, 0.05) is 24.1 Å². The van der Waals surface area contributed by atoms with Crippen LogP contribution in [-0.2, 0) is 6.54 Å². The summed E-state index contributed by atoms with van der Waals surface area (Å²) in [5.41, 5.74) is 10.3. The highest BCUT2D eigenvalue weighted by Crippen LogP contribution is 2.24. The fraction of sp³-hybridized carbons (Fsp3) is 0.357. The van der Waals surface area contributed by atoms with Crippen molar-refractivity contribution in [3.63, 3.8) is 0 Å². The van der Waals surface area contributed by atoms with Gasteiger partial charge in [-0.3, -0.25) is 0 Å². The van der Waals surface area contributed by atoms with Gasteiger partial charge in [-0.1, -0.05) is 13.0 Å². The van der Waals surface area contributed by atoms with Crippen LogP contribution in [0.5, 0.6) is 0 Å². The molecule has 0 saturated carbocycles. The number of imidazole rings is 1. The van der Waals surface area contributed by atoms with Gasteiger partial charge in [-0.2, -0.15) is 0 Å². The van der Waals surface area contributed by atoms with Crippen molar-refractivity contribution in [3.05, 3.63) is 42.0 Å². The molecular formula is C14H20N4. The highest BCUT2D eigenvalue weighted by Gasteiger charge is 2.10. The average molecular weight is 244 g/mol. The van der Waals surface area contributed by atoms with Gasteiger partial charge in [0.25, 0.3) is 0 Å². The Balaban J connectivity index is 2.26. The van der Waals surface area contributed by atoms with E-state index in [1.807, 2.05) is 18.3 Å². The number of nitrogens with two attached hydrogens (primary N) is 1. The summed E-state index contributed by atoms with van der Waals surface area (Å²) in [6.07, 6.45) is 4.68. The maximum atomic E-state index is 5.89. The van der Waals surface area contributed by atoms with E-state index in [0.29, 0.717) is 0 Å². The fourth-order valence-electron chi connectivity index (χ4n) is 2.10. The van der Waals surface area contributed by atoms with Gasteiger partial charge < -0.3 is 15.6 Å². The zero-order valence-electron chi connectivity index (χ0n) is 11.0. The van der Waals surface area contributed by atoms with Crippen LogP contribution in [0.2, 0.25) is 0 Å². The lowest BCUT2D eigenvalue weighted by atomic mass is 10.1. The number of aromatic amines is 1. The van der Waals surface area contributed by atoms with Crippen LogP contribution in [-0.4, -0.2) is 16.5 Å². The number of nitrogen functional groups attached to an aromatic ring is 1. The summed E-state index contributed by atoms with van der Waals surface area (Å²) in [4.78, 5) is 9.54. The van der Waals surface area contributed by atoms with Crippen molar-refractivity contribution >= 4 is 11.4 Å². The van der Waals surface area contributed by atoms with Crippen LogP contribution in [0.1, 0.15) is 24.6 Å². The highest BCUT2D eigenvalue weighted by atomic mass is 15.1. The number of hydrogen-bond acceptors (Lipinski definition) is 3. The van der Waals surface area contributed by atoms with E-state index in [2.05, 4.69) is 34.8 Å². The molecule has 0 spiro atoms. The number of rotatable bonds is 5. The first-order valence-corrected chi connectivity index (χ1v) is 6.29. The van der Waals surface area contributed by atoms with Gasteiger partial charge in [0.2, 0.25) is 0 Å². The molecule has 0 amide bonds. The first kappa shape index (κ1) is 12.5. The van der Waals surface area contributed by atoms with Gasteiger partial charge in [0.15, 0.2) is 0 Å². The topological polar surface area (TPSA) is 57.9 Å². The van der Waals surface area contributed by atoms with E-state index in [1.54, 1.807) is 6.33 Å². The van der Waals surface area contributed by atoms with E-state index in [4.69, 9.17) is 5.73 Å². The van der Waals surface area contributed by atoms with Gasteiger partial charge >= 0.3 is 0 Å². The molecule has 3 N–H and O–H groups in total. The van der Waals surface area contributed by atoms with Crippen molar-refractivity contribution in [1.82, 2.24) is 9.97 Å². The van der Waals surface area contributed by atoms with E-state index >= 15 is 0 Å². The van der Waals surface area contributed by atoms with Crippen LogP contribution >= 0.6 is 0 Å². The van der Waals surface area contributed by atoms with Gasteiger partial charge in [0.1, 0.15) is 0 Å². The van der Waals surface area contributed by atoms with E-state index in [-0.39, 0.29) is 0 Å². The molecule has 0 bridgehead atoms. The van der Waals surface area contributed by atoms with Crippen molar-refractivity contribution < 1.29 is 0 Å². The van der Waals surface area contributed by atoms with Crippen molar-refractivity contribution in [2.75, 3.05) is 17.2 Å². The Morgan fingerprint density at radius 3 is 2.89 bits per heavy atom. The van der Waals surface area contributed by atoms with Crippen LogP contribution in [0.3, 0.4) is 0 Å². The summed E-state index contributed by atoms with van der Waals surface area (Å²) in [5, 5.41) is 0. The summed E-state index contributed by atoms with van der Waals surface area (Å²) < 4.78 is 0. The standard InChI is InChI=1S/C14H20N4/c1-3-6-18(9-13-8-16-10-17-13)14-7-12(15)5-4-11(14)2/h4-5,7-8,10H,3,6,9,15H2,1-2H3,(H,16,17). The predicted octanol–water partition coefficient (Wildman–Crippen LogP) is 2.72. The number of aromatic nitrogens is 2. The SMILES string of the molecule is CCCN(Cc1cnc[nH]1)c1cc(N)ccc1C. The molecule has 4 nitrogen and oxygen atoms in total. The minimum absolute atomic E-state index is 0.807. The second-order valence-corrected chi connectivity index (χ2v) is 4.54. The number of anilines is 2. The molecule has 0 aliphatic rings. The Bertz CT molecular complexity index is 491. The summed E-state index contributed by atoms with van der Waals surface area (Å²) in [6, 6.07) is 6.06. The number of hydrogen-bond donors (Lipinski definition) is 2. The number of aryl methyl sites for hydroxylation is 1. The Labute approximate surface area is 108 Å². The van der Waals surface area contributed by atoms with E-state index in [1.165, 1.54) is 11.3 Å². The highest BCUT2D eigenvalue weighted by molar-refractivity contribution is 5.60. The first-order valence-electron chi connectivity index (χ1n) is 6.29. The molecule has 1 aromatic carbocycles. The first-order chi connectivity index (χ1) is 8.70. The largest absolute Gasteiger partial charge is 0.399 e. The van der Waals surface area contributed by atoms with Crippen LogP contribution < -0.4 is 10.6 Å². The summed E-state index contributed by atoms with van der Waals surface area (Å²) >= 11 is 0. The quantitative estimate of drug-likeness (QED) is 0.795. The third-order valence-electron chi connectivity index (χ3n) is 2.98. The Morgan fingerprint density at radius 1 is 1.39 bits per heavy atom. The molecule has 2 rings (SSSR count). The third-order valence-corrected chi connectivity index (χ3v) is 2.98. The molecule has 0 unspecified atom stereocenters. The van der Waals surface area contributed by atoms with E-state index in [0.717, 1.165) is 30.9 Å². The smallest absolute Gasteiger partial charge is 0.0922 e. The maximum Gasteiger partial charge on any atom is 0.0922 e. The molecule has 0 aliphatic carbocycles. The Kier molecular flexibility index (Phi) is 3.87. The molecule has 0 radical (unpaired) electrons. The Morgan fingerprint density at radius 2 is 2.22 bits per heavy atom. The second kappa shape index (κ2) is 5.58. The van der Waals surface area contributed by atoms with Gasteiger partial charge in [0.05, 0.1) is 18.6 Å². The monoisotopic (exact) mass is 244 g/mol. The lowest BCUT2D eigenvalue weighted by Crippen LogP contribution is -2.24. The van der Waals surface area contributed by atoms with E-state index in [9.17, 15) is 0 Å². The molecule has 96 valence electrons. The lowest BCUT2D eigenvalue weighted by Gasteiger charge is -2.25. The molecule has 1 aromatic heterocycles. The number of nitrogens with one attached hydrogen (secondary N) is 1. The van der Waals surface area contributed by atoms with E-state index < -0.39 is 0 Å². The van der Waals surface area contributed by atoms with Gasteiger partial charge in [-0.25, -0.2) is 4.98 Å². The normalized spacial score (nSPS) is 10.6. The fourth-order valence-corrected chi connectivity index (χ4v) is 2.10. The van der Waals surface area contributed by atoms with Crippen LogP contribution in [0.4, 0.5) is 11.4 Å². The summed E-state index contributed by atoms with van der Waals surface area (Å²) in [5.74, 6) is 0. The number of H-pyrrole nitrogens is 1. The molecule has 0 atom stereocenters. The molecule has 18 heavy (non-hydrogen) atoms. The van der Waals surface area contributed by atoms with Crippen LogP contribution in [0, 0.1) is 6.92 Å². The second-order valence-electron chi connectivity index (χ2n) is 4.54. The zero-order valence-corrected chi connectivity index (χ0v) is 11.0. The summed E-state index contributed by atoms with van der Waals surface area (Å²) in [7, 11) is 0. The van der Waals surface area contributed by atoms with Crippen LogP contribution in [0.15, 0.2) is 30.7 Å². The molecule has 1 heterocycles.